The minimum absolute atomic E-state index is 0.0283. The summed E-state index contributed by atoms with van der Waals surface area (Å²) in [7, 11) is 0. The van der Waals surface area contributed by atoms with Gasteiger partial charge in [-0.3, -0.25) is 0 Å². The van der Waals surface area contributed by atoms with Crippen LogP contribution < -0.4 is 10.6 Å². The van der Waals surface area contributed by atoms with E-state index in [1.807, 2.05) is 0 Å². The molecule has 0 aromatic carbocycles. The molecule has 508 valence electrons. The molecule has 0 aliphatic heterocycles. The maximum atomic E-state index is 13.2. The maximum Gasteiger partial charge on any atom is 0.407 e. The highest BCUT2D eigenvalue weighted by molar-refractivity contribution is 7.99. The first-order valence-corrected chi connectivity index (χ1v) is 29.6. The van der Waals surface area contributed by atoms with Gasteiger partial charge in [-0.15, -0.1) is 12.6 Å². The van der Waals surface area contributed by atoms with Crippen LogP contribution in [0.4, 0.5) is 9.59 Å². The third-order valence-corrected chi connectivity index (χ3v) is 13.4. The number of ether oxygens (including phenoxy) is 14. The van der Waals surface area contributed by atoms with E-state index in [0.717, 1.165) is 72.1 Å². The highest BCUT2D eigenvalue weighted by Gasteiger charge is 2.42. The molecular formula is C61H77N5O24S3. The van der Waals surface area contributed by atoms with E-state index in [4.69, 9.17) is 66.3 Å². The summed E-state index contributed by atoms with van der Waals surface area (Å²) in [5, 5.41) is 5.53. The normalized spacial score (nSPS) is 10.9. The molecule has 0 saturated carbocycles. The minimum atomic E-state index is -1.64. The molecule has 0 bridgehead atoms. The van der Waals surface area contributed by atoms with Gasteiger partial charge in [0.05, 0.1) is 48.1 Å². The van der Waals surface area contributed by atoms with Crippen LogP contribution in [0.3, 0.4) is 0 Å². The van der Waals surface area contributed by atoms with Crippen molar-refractivity contribution >= 4 is 96.1 Å². The number of thioether (sulfide) groups is 2. The van der Waals surface area contributed by atoms with Crippen molar-refractivity contribution in [2.75, 3.05) is 130 Å². The largest absolute Gasteiger partial charge is 0.493 e. The Kier molecular flexibility index (Phi) is 39.7. The van der Waals surface area contributed by atoms with Crippen LogP contribution in [0.15, 0.2) is 167 Å². The standard InChI is InChI=1S/C61H77N5O24S3/c1-13-43(11)79-31-58(33-81-45(67)15-3,34-82-46(68)16-4)27-77-29-60(37-85-49(71)19-7,38-86-50(72)20-8)41-89-56(75)62-23-25-92-54-64-53(91)65-55(66-54)93-26-24-63-57(76)90-42-61(39-87-51(73)21-9,40-88-52(74)22-10)30-78-28-59(32-80-44(12)14-2,35-83-47(69)17-5)36-84-48(70)18-6/h13-22H,1-12,23-42H2,(H,62,75)(H,63,76)(H,64,65,66,91). The molecule has 2 N–H and O–H groups in total. The number of esters is 8. The van der Waals surface area contributed by atoms with Gasteiger partial charge in [0.1, 0.15) is 90.8 Å². The Balaban J connectivity index is 3.26. The van der Waals surface area contributed by atoms with E-state index in [-0.39, 0.29) is 64.8 Å². The molecule has 1 heterocycles. The van der Waals surface area contributed by atoms with Crippen LogP contribution in [0.25, 0.3) is 0 Å². The van der Waals surface area contributed by atoms with Gasteiger partial charge in [0.15, 0.2) is 15.5 Å². The molecule has 0 unspecified atom stereocenters. The average molecular weight is 1360 g/mol. The van der Waals surface area contributed by atoms with Crippen LogP contribution in [0.1, 0.15) is 0 Å². The number of hydrogen-bond donors (Lipinski definition) is 3. The van der Waals surface area contributed by atoms with Gasteiger partial charge < -0.3 is 76.9 Å². The number of carbonyl (C=O) groups excluding carboxylic acids is 10. The van der Waals surface area contributed by atoms with Crippen molar-refractivity contribution in [1.29, 1.82) is 0 Å². The molecule has 1 rings (SSSR count). The fourth-order valence-electron chi connectivity index (χ4n) is 6.43. The monoisotopic (exact) mass is 1360 g/mol. The van der Waals surface area contributed by atoms with E-state index in [0.29, 0.717) is 0 Å². The second-order valence-corrected chi connectivity index (χ2v) is 21.8. The lowest BCUT2D eigenvalue weighted by Crippen LogP contribution is -2.47. The summed E-state index contributed by atoms with van der Waals surface area (Å²) >= 11 is 6.47. The first-order valence-electron chi connectivity index (χ1n) is 27.2. The van der Waals surface area contributed by atoms with Crippen molar-refractivity contribution in [1.82, 2.24) is 25.6 Å². The Morgan fingerprint density at radius 1 is 0.333 bits per heavy atom. The van der Waals surface area contributed by atoms with Crippen LogP contribution >= 0.6 is 36.2 Å². The number of rotatable bonds is 52. The lowest BCUT2D eigenvalue weighted by molar-refractivity contribution is -0.166. The molecule has 0 radical (unpaired) electrons. The molecule has 0 aliphatic rings. The Labute approximate surface area is 552 Å². The second-order valence-electron chi connectivity index (χ2n) is 19.3. The average Bonchev–Trinajstić information content (AvgIpc) is 3.54. The van der Waals surface area contributed by atoms with Crippen molar-refractivity contribution in [3.8, 4) is 0 Å². The summed E-state index contributed by atoms with van der Waals surface area (Å²) in [6, 6.07) is 0. The lowest BCUT2D eigenvalue weighted by atomic mass is 9.90. The van der Waals surface area contributed by atoms with Crippen molar-refractivity contribution in [2.45, 2.75) is 15.5 Å². The van der Waals surface area contributed by atoms with E-state index < -0.39 is 174 Å². The fraction of sp³-hybridized carbons (Fsp3) is 0.393. The van der Waals surface area contributed by atoms with Crippen LogP contribution in [0, 0.1) is 21.7 Å². The topological polar surface area (TPSA) is 363 Å². The molecule has 29 nitrogen and oxygen atoms in total. The summed E-state index contributed by atoms with van der Waals surface area (Å²) in [6.07, 6.45) is 7.71. The van der Waals surface area contributed by atoms with Crippen LogP contribution in [0.5, 0.6) is 0 Å². The quantitative estimate of drug-likeness (QED) is 0.0112. The minimum Gasteiger partial charge on any atom is -0.493 e. The van der Waals surface area contributed by atoms with Crippen LogP contribution in [-0.4, -0.2) is 205 Å². The SMILES string of the molecule is C=CC(=C)OCC(COCC(COC(=O)C=C)(COC(=O)C=C)COC(=O)NCCSc1nc(S)nc(SCCNC(=O)OCC(COCC(COC(=C)C=C)(COC(=O)C=C)COC(=O)C=C)(COC(=O)C=C)COC(=O)C=C)n1)(COC(=O)C=C)COC(=O)C=C. The summed E-state index contributed by atoms with van der Waals surface area (Å²) in [5.41, 5.74) is -6.21. The van der Waals surface area contributed by atoms with Gasteiger partial charge in [-0.25, -0.2) is 47.9 Å². The number of aromatic nitrogens is 3. The Morgan fingerprint density at radius 3 is 0.763 bits per heavy atom. The molecule has 93 heavy (non-hydrogen) atoms. The van der Waals surface area contributed by atoms with Gasteiger partial charge >= 0.3 is 59.9 Å². The number of thiol groups is 1. The van der Waals surface area contributed by atoms with Crippen LogP contribution in [0.2, 0.25) is 0 Å². The Bertz CT molecular complexity index is 2530. The molecule has 0 aliphatic carbocycles. The highest BCUT2D eigenvalue weighted by Crippen LogP contribution is 2.29. The summed E-state index contributed by atoms with van der Waals surface area (Å²) in [6.45, 7) is 33.7. The second kappa shape index (κ2) is 45.1. The van der Waals surface area contributed by atoms with Gasteiger partial charge in [0.25, 0.3) is 0 Å². The van der Waals surface area contributed by atoms with Crippen molar-refractivity contribution in [3.63, 3.8) is 0 Å². The molecular weight excluding hydrogens is 1280 g/mol. The number of hydrogen-bond acceptors (Lipinski definition) is 30. The van der Waals surface area contributed by atoms with Crippen molar-refractivity contribution in [3.05, 3.63) is 151 Å². The third-order valence-electron chi connectivity index (χ3n) is 11.5. The molecule has 1 aromatic heterocycles. The molecule has 0 fully saturated rings. The molecule has 0 saturated heterocycles. The van der Waals surface area contributed by atoms with Gasteiger partial charge in [-0.1, -0.05) is 102 Å². The van der Waals surface area contributed by atoms with Gasteiger partial charge in [0, 0.05) is 73.2 Å². The van der Waals surface area contributed by atoms with Crippen molar-refractivity contribution in [2.24, 2.45) is 21.7 Å². The summed E-state index contributed by atoms with van der Waals surface area (Å²) in [4.78, 5) is 138. The predicted molar refractivity (Wildman–Crippen MR) is 338 cm³/mol. The van der Waals surface area contributed by atoms with Crippen LogP contribution in [-0.2, 0) is 105 Å². The van der Waals surface area contributed by atoms with Gasteiger partial charge in [0.2, 0.25) is 0 Å². The Hall–Kier alpha value is -9.24. The fourth-order valence-corrected chi connectivity index (χ4v) is 8.19. The third kappa shape index (κ3) is 34.7. The van der Waals surface area contributed by atoms with E-state index in [1.165, 1.54) is 12.2 Å². The Morgan fingerprint density at radius 2 is 0.548 bits per heavy atom. The van der Waals surface area contributed by atoms with E-state index in [9.17, 15) is 47.9 Å². The van der Waals surface area contributed by atoms with E-state index >= 15 is 0 Å². The zero-order valence-electron chi connectivity index (χ0n) is 51.3. The molecule has 32 heteroatoms. The number of allylic oxidation sites excluding steroid dienone is 2. The molecule has 0 atom stereocenters. The molecule has 2 amide bonds. The zero-order valence-corrected chi connectivity index (χ0v) is 53.8. The summed E-state index contributed by atoms with van der Waals surface area (Å²) in [5.74, 6) is -6.43. The number of alkyl carbamates (subject to hydrolysis) is 2. The number of nitrogens with one attached hydrogen (secondary N) is 2. The van der Waals surface area contributed by atoms with Gasteiger partial charge in [-0.05, 0) is 12.2 Å². The summed E-state index contributed by atoms with van der Waals surface area (Å²) < 4.78 is 77.4. The van der Waals surface area contributed by atoms with Gasteiger partial charge in [-0.2, -0.15) is 15.0 Å². The lowest BCUT2D eigenvalue weighted by Gasteiger charge is -2.35. The molecule has 0 spiro atoms. The first-order chi connectivity index (χ1) is 44.3. The zero-order chi connectivity index (χ0) is 69.7. The van der Waals surface area contributed by atoms with E-state index in [2.05, 4.69) is 117 Å². The predicted octanol–water partition coefficient (Wildman–Crippen LogP) is 5.04. The van der Waals surface area contributed by atoms with E-state index in [1.54, 1.807) is 0 Å². The first kappa shape index (κ1) is 81.8. The smallest absolute Gasteiger partial charge is 0.407 e. The molecule has 1 aromatic rings. The number of amides is 2. The van der Waals surface area contributed by atoms with Crippen molar-refractivity contribution < 1.29 is 114 Å². The highest BCUT2D eigenvalue weighted by atomic mass is 32.2. The number of nitrogens with zero attached hydrogens (tertiary/aromatic N) is 3. The maximum absolute atomic E-state index is 13.2. The number of carbonyl (C=O) groups is 10.